The number of hydrogen-bond donors (Lipinski definition) is 0. The lowest BCUT2D eigenvalue weighted by Crippen LogP contribution is -2.43. The summed E-state index contributed by atoms with van der Waals surface area (Å²) >= 11 is 0. The smallest absolute Gasteiger partial charge is 0.422 e. The minimum Gasteiger partial charge on any atom is -0.480 e. The van der Waals surface area contributed by atoms with Crippen LogP contribution >= 0.6 is 0 Å². The zero-order valence-electron chi connectivity index (χ0n) is 20.6. The fourth-order valence-corrected chi connectivity index (χ4v) is 5.58. The van der Waals surface area contributed by atoms with Crippen LogP contribution in [0.15, 0.2) is 30.5 Å². The summed E-state index contributed by atoms with van der Waals surface area (Å²) in [6, 6.07) is 7.57. The molecule has 0 N–H and O–H groups in total. The average molecular weight is 488 g/mol. The molecule has 2 bridgehead atoms. The molecule has 3 atom stereocenters. The molecule has 2 fully saturated rings. The van der Waals surface area contributed by atoms with Gasteiger partial charge in [0.15, 0.2) is 23.8 Å². The quantitative estimate of drug-likeness (QED) is 0.484. The van der Waals surface area contributed by atoms with E-state index >= 15 is 0 Å². The van der Waals surface area contributed by atoms with Gasteiger partial charge in [0, 0.05) is 48.2 Å². The molecule has 1 aliphatic carbocycles. The van der Waals surface area contributed by atoms with E-state index in [4.69, 9.17) is 4.74 Å². The number of halogens is 3. The minimum atomic E-state index is -4.40. The number of nitrogens with zero attached hydrogens (tertiary/aromatic N) is 5. The topological polar surface area (TPSA) is 55.5 Å². The fourth-order valence-electron chi connectivity index (χ4n) is 5.58. The van der Waals surface area contributed by atoms with Gasteiger partial charge < -0.3 is 9.64 Å². The van der Waals surface area contributed by atoms with Gasteiger partial charge in [-0.2, -0.15) is 18.3 Å². The zero-order valence-corrected chi connectivity index (χ0v) is 20.6. The molecule has 3 aromatic rings. The highest BCUT2D eigenvalue weighted by molar-refractivity contribution is 5.54. The van der Waals surface area contributed by atoms with Crippen LogP contribution < -0.4 is 9.64 Å². The predicted octanol–water partition coefficient (Wildman–Crippen LogP) is 5.38. The van der Waals surface area contributed by atoms with E-state index in [0.717, 1.165) is 30.9 Å². The van der Waals surface area contributed by atoms with E-state index < -0.39 is 12.8 Å². The number of aryl methyl sites for hydroxylation is 1. The van der Waals surface area contributed by atoms with Crippen LogP contribution in [-0.4, -0.2) is 45.5 Å². The van der Waals surface area contributed by atoms with Crippen molar-refractivity contribution >= 4 is 11.3 Å². The van der Waals surface area contributed by atoms with Crippen LogP contribution in [-0.2, 0) is 11.8 Å². The minimum absolute atomic E-state index is 0.00288. The van der Waals surface area contributed by atoms with E-state index in [0.29, 0.717) is 29.2 Å². The third-order valence-corrected chi connectivity index (χ3v) is 7.40. The van der Waals surface area contributed by atoms with Crippen molar-refractivity contribution in [3.05, 3.63) is 47.7 Å². The van der Waals surface area contributed by atoms with Crippen molar-refractivity contribution in [3.63, 3.8) is 0 Å². The van der Waals surface area contributed by atoms with Crippen LogP contribution in [0.1, 0.15) is 50.8 Å². The van der Waals surface area contributed by atoms with Crippen molar-refractivity contribution in [3.8, 4) is 5.75 Å². The Labute approximate surface area is 203 Å². The van der Waals surface area contributed by atoms with Crippen LogP contribution in [0.2, 0.25) is 0 Å². The highest BCUT2D eigenvalue weighted by Crippen LogP contribution is 2.44. The summed E-state index contributed by atoms with van der Waals surface area (Å²) in [4.78, 5) is 11.7. The lowest BCUT2D eigenvalue weighted by atomic mass is 9.82. The third kappa shape index (κ3) is 4.95. The number of fused-ring (bicyclic) bond motifs is 3. The van der Waals surface area contributed by atoms with Crippen LogP contribution in [0.25, 0.3) is 5.65 Å². The van der Waals surface area contributed by atoms with Gasteiger partial charge in [0.2, 0.25) is 0 Å². The van der Waals surface area contributed by atoms with Gasteiger partial charge in [-0.05, 0) is 61.8 Å². The molecule has 9 heteroatoms. The maximum atomic E-state index is 12.7. The van der Waals surface area contributed by atoms with Gasteiger partial charge in [0.05, 0.1) is 0 Å². The van der Waals surface area contributed by atoms with Crippen molar-refractivity contribution in [2.45, 2.75) is 58.5 Å². The van der Waals surface area contributed by atoms with Gasteiger partial charge in [-0.15, -0.1) is 0 Å². The summed E-state index contributed by atoms with van der Waals surface area (Å²) in [6.45, 7) is 9.03. The molecule has 188 valence electrons. The first-order valence-electron chi connectivity index (χ1n) is 12.2. The number of anilines is 1. The maximum Gasteiger partial charge on any atom is 0.422 e. The van der Waals surface area contributed by atoms with E-state index in [1.807, 2.05) is 13.1 Å². The van der Waals surface area contributed by atoms with Gasteiger partial charge >= 0.3 is 6.18 Å². The van der Waals surface area contributed by atoms with Crippen LogP contribution in [0.3, 0.4) is 0 Å². The highest BCUT2D eigenvalue weighted by atomic mass is 19.4. The largest absolute Gasteiger partial charge is 0.480 e. The SMILES string of the molecule is Cc1ccc(OCC(F)(F)F)c2nc(CC3[C@@H]4CC[C@H]3CN(c3ccnc(C(C)(C)C)c3)C4)nn12. The highest BCUT2D eigenvalue weighted by Gasteiger charge is 2.42. The molecule has 1 saturated carbocycles. The van der Waals surface area contributed by atoms with E-state index in [1.165, 1.54) is 24.6 Å². The molecule has 6 nitrogen and oxygen atoms in total. The number of pyridine rings is 2. The summed E-state index contributed by atoms with van der Waals surface area (Å²) in [5, 5.41) is 4.65. The molecule has 0 spiro atoms. The lowest BCUT2D eigenvalue weighted by molar-refractivity contribution is -0.153. The summed E-state index contributed by atoms with van der Waals surface area (Å²) in [6.07, 6.45) is 0.586. The maximum absolute atomic E-state index is 12.7. The summed E-state index contributed by atoms with van der Waals surface area (Å²) < 4.78 is 44.7. The Morgan fingerprint density at radius 3 is 2.43 bits per heavy atom. The van der Waals surface area contributed by atoms with E-state index in [2.05, 4.69) is 52.9 Å². The molecule has 0 radical (unpaired) electrons. The third-order valence-electron chi connectivity index (χ3n) is 7.40. The standard InChI is InChI=1S/C26H32F3N5O/c1-16-5-8-21(35-15-26(27,28)29)24-31-23(32-34(16)24)12-20-17-6-7-18(20)14-33(13-17)19-9-10-30-22(11-19)25(2,3)4/h5,8-11,17-18,20H,6-7,12-15H2,1-4H3/t17-,18+,20?. The van der Waals surface area contributed by atoms with Crippen molar-refractivity contribution in [1.82, 2.24) is 19.6 Å². The monoisotopic (exact) mass is 487 g/mol. The molecule has 2 aliphatic rings. The second kappa shape index (κ2) is 8.68. The summed E-state index contributed by atoms with van der Waals surface area (Å²) in [5.41, 5.74) is 3.48. The van der Waals surface area contributed by atoms with Crippen LogP contribution in [0.5, 0.6) is 5.75 Å². The van der Waals surface area contributed by atoms with Gasteiger partial charge in [0.25, 0.3) is 0 Å². The average Bonchev–Trinajstić information content (AvgIpc) is 3.30. The summed E-state index contributed by atoms with van der Waals surface area (Å²) in [5.74, 6) is 2.32. The fraction of sp³-hybridized carbons (Fsp3) is 0.577. The first kappa shape index (κ1) is 23.9. The molecule has 1 saturated heterocycles. The molecular weight excluding hydrogens is 455 g/mol. The van der Waals surface area contributed by atoms with Gasteiger partial charge in [0.1, 0.15) is 0 Å². The van der Waals surface area contributed by atoms with Gasteiger partial charge in [-0.25, -0.2) is 9.50 Å². The molecule has 4 heterocycles. The molecule has 1 unspecified atom stereocenters. The van der Waals surface area contributed by atoms with Crippen molar-refractivity contribution in [2.75, 3.05) is 24.6 Å². The Kier molecular flexibility index (Phi) is 5.92. The Bertz CT molecular complexity index is 1200. The molecule has 3 aromatic heterocycles. The normalized spacial score (nSPS) is 22.7. The number of alkyl halides is 3. The predicted molar refractivity (Wildman–Crippen MR) is 128 cm³/mol. The van der Waals surface area contributed by atoms with E-state index in [1.54, 1.807) is 10.6 Å². The second-order valence-electron chi connectivity index (χ2n) is 11.0. The van der Waals surface area contributed by atoms with Crippen LogP contribution in [0.4, 0.5) is 18.9 Å². The lowest BCUT2D eigenvalue weighted by Gasteiger charge is -2.39. The zero-order chi connectivity index (χ0) is 25.0. The molecule has 1 aliphatic heterocycles. The van der Waals surface area contributed by atoms with Crippen molar-refractivity contribution in [2.24, 2.45) is 17.8 Å². The van der Waals surface area contributed by atoms with Crippen molar-refractivity contribution < 1.29 is 17.9 Å². The van der Waals surface area contributed by atoms with E-state index in [9.17, 15) is 13.2 Å². The number of rotatable bonds is 5. The molecule has 0 amide bonds. The Morgan fingerprint density at radius 1 is 1.06 bits per heavy atom. The Balaban J connectivity index is 1.33. The van der Waals surface area contributed by atoms with E-state index in [-0.39, 0.29) is 11.2 Å². The first-order valence-corrected chi connectivity index (χ1v) is 12.2. The number of aromatic nitrogens is 4. The van der Waals surface area contributed by atoms with Gasteiger partial charge in [-0.3, -0.25) is 4.98 Å². The second-order valence-corrected chi connectivity index (χ2v) is 11.0. The molecule has 35 heavy (non-hydrogen) atoms. The summed E-state index contributed by atoms with van der Waals surface area (Å²) in [7, 11) is 0. The molecule has 5 rings (SSSR count). The molecular formula is C26H32F3N5O. The van der Waals surface area contributed by atoms with Crippen molar-refractivity contribution in [1.29, 1.82) is 0 Å². The number of piperidine rings is 1. The van der Waals surface area contributed by atoms with Crippen LogP contribution in [0, 0.1) is 24.7 Å². The van der Waals surface area contributed by atoms with Gasteiger partial charge in [-0.1, -0.05) is 20.8 Å². The number of hydrogen-bond acceptors (Lipinski definition) is 5. The Hall–Kier alpha value is -2.84. The molecule has 0 aromatic carbocycles. The first-order chi connectivity index (χ1) is 16.5. The Morgan fingerprint density at radius 2 is 1.77 bits per heavy atom. The number of ether oxygens (including phenoxy) is 1.